The monoisotopic (exact) mass is 338 g/mol. The number of rotatable bonds is 8. The van der Waals surface area contributed by atoms with Gasteiger partial charge in [0.15, 0.2) is 0 Å². The van der Waals surface area contributed by atoms with E-state index in [0.29, 0.717) is 13.0 Å². The maximum Gasteiger partial charge on any atom is 0.330 e. The zero-order valence-electron chi connectivity index (χ0n) is 13.6. The number of carbonyl (C=O) groups excluding carboxylic acids is 3. The number of ether oxygens (including phenoxy) is 4. The largest absolute Gasteiger partial charge is 0.463 e. The molecule has 1 saturated heterocycles. The van der Waals surface area contributed by atoms with E-state index in [1.165, 1.54) is 0 Å². The highest BCUT2D eigenvalue weighted by Crippen LogP contribution is 2.32. The Morgan fingerprint density at radius 3 is 2.58 bits per heavy atom. The molecule has 1 heterocycles. The van der Waals surface area contributed by atoms with E-state index < -0.39 is 29.7 Å². The first-order chi connectivity index (χ1) is 11.5. The predicted molar refractivity (Wildman–Crippen MR) is 82.7 cm³/mol. The fourth-order valence-electron chi connectivity index (χ4n) is 2.54. The van der Waals surface area contributed by atoms with Gasteiger partial charge in [0.25, 0.3) is 0 Å². The van der Waals surface area contributed by atoms with E-state index in [4.69, 9.17) is 18.9 Å². The van der Waals surface area contributed by atoms with E-state index in [1.807, 2.05) is 13.0 Å². The van der Waals surface area contributed by atoms with Gasteiger partial charge in [-0.3, -0.25) is 9.59 Å². The summed E-state index contributed by atoms with van der Waals surface area (Å²) in [6.45, 7) is 5.85. The maximum atomic E-state index is 12.3. The Hall–Kier alpha value is -2.15. The van der Waals surface area contributed by atoms with E-state index in [1.54, 1.807) is 6.08 Å². The van der Waals surface area contributed by atoms with Gasteiger partial charge in [-0.25, -0.2) is 4.79 Å². The predicted octanol–water partition coefficient (Wildman–Crippen LogP) is 1.03. The molecule has 1 aliphatic carbocycles. The van der Waals surface area contributed by atoms with Crippen LogP contribution in [-0.4, -0.2) is 50.4 Å². The zero-order chi connectivity index (χ0) is 17.5. The molecule has 4 atom stereocenters. The van der Waals surface area contributed by atoms with Gasteiger partial charge in [0, 0.05) is 6.08 Å². The molecule has 24 heavy (non-hydrogen) atoms. The van der Waals surface area contributed by atoms with Gasteiger partial charge in [-0.2, -0.15) is 0 Å². The van der Waals surface area contributed by atoms with Crippen LogP contribution >= 0.6 is 0 Å². The van der Waals surface area contributed by atoms with Gasteiger partial charge in [-0.15, -0.1) is 0 Å². The van der Waals surface area contributed by atoms with Crippen molar-refractivity contribution < 1.29 is 33.3 Å². The average molecular weight is 338 g/mol. The summed E-state index contributed by atoms with van der Waals surface area (Å²) in [6, 6.07) is 0. The third kappa shape index (κ3) is 5.19. The molecule has 0 N–H and O–H groups in total. The molecule has 0 aromatic heterocycles. The van der Waals surface area contributed by atoms with Gasteiger partial charge in [0.2, 0.25) is 0 Å². The molecule has 0 radical (unpaired) electrons. The van der Waals surface area contributed by atoms with Crippen LogP contribution in [0.2, 0.25) is 0 Å². The number of hydrogen-bond donors (Lipinski definition) is 0. The minimum absolute atomic E-state index is 0.0201. The lowest BCUT2D eigenvalue weighted by atomic mass is 9.76. The van der Waals surface area contributed by atoms with Crippen molar-refractivity contribution in [1.29, 1.82) is 0 Å². The quantitative estimate of drug-likeness (QED) is 0.163. The molecular weight excluding hydrogens is 316 g/mol. The normalized spacial score (nSPS) is 27.9. The van der Waals surface area contributed by atoms with E-state index in [9.17, 15) is 14.4 Å². The SMILES string of the molecule is C=CC(=O)OCCOC(=O)C1C=CCC(C)C1C(=O)OCC1CO1. The van der Waals surface area contributed by atoms with Crippen molar-refractivity contribution >= 4 is 17.9 Å². The molecule has 0 aromatic rings. The highest BCUT2D eigenvalue weighted by atomic mass is 16.6. The second kappa shape index (κ2) is 8.63. The first-order valence-corrected chi connectivity index (χ1v) is 7.93. The van der Waals surface area contributed by atoms with Crippen molar-refractivity contribution in [3.8, 4) is 0 Å². The van der Waals surface area contributed by atoms with Crippen molar-refractivity contribution in [3.05, 3.63) is 24.8 Å². The van der Waals surface area contributed by atoms with Gasteiger partial charge in [-0.1, -0.05) is 25.7 Å². The lowest BCUT2D eigenvalue weighted by Gasteiger charge is -2.29. The van der Waals surface area contributed by atoms with Gasteiger partial charge in [-0.05, 0) is 12.3 Å². The number of allylic oxidation sites excluding steroid dienone is 1. The molecule has 0 bridgehead atoms. The van der Waals surface area contributed by atoms with E-state index >= 15 is 0 Å². The molecule has 2 rings (SSSR count). The summed E-state index contributed by atoms with van der Waals surface area (Å²) in [6.07, 6.45) is 5.25. The van der Waals surface area contributed by atoms with Crippen molar-refractivity contribution in [3.63, 3.8) is 0 Å². The standard InChI is InChI=1S/C17H22O7/c1-3-14(18)21-7-8-22-16(19)13-6-4-5-11(2)15(13)17(20)24-10-12-9-23-12/h3-4,6,11-13,15H,1,5,7-10H2,2H3. The fraction of sp³-hybridized carbons (Fsp3) is 0.588. The Morgan fingerprint density at radius 2 is 1.92 bits per heavy atom. The minimum atomic E-state index is -0.698. The Balaban J connectivity index is 1.86. The minimum Gasteiger partial charge on any atom is -0.463 e. The third-order valence-electron chi connectivity index (χ3n) is 3.95. The Bertz CT molecular complexity index is 521. The molecule has 7 nitrogen and oxygen atoms in total. The van der Waals surface area contributed by atoms with E-state index in [0.717, 1.165) is 6.08 Å². The third-order valence-corrected chi connectivity index (χ3v) is 3.95. The molecule has 0 saturated carbocycles. The van der Waals surface area contributed by atoms with Crippen LogP contribution in [0.3, 0.4) is 0 Å². The molecule has 0 aromatic carbocycles. The molecule has 1 aliphatic heterocycles. The lowest BCUT2D eigenvalue weighted by molar-refractivity contribution is -0.162. The fourth-order valence-corrected chi connectivity index (χ4v) is 2.54. The summed E-state index contributed by atoms with van der Waals surface area (Å²) in [5, 5.41) is 0. The summed E-state index contributed by atoms with van der Waals surface area (Å²) in [5.41, 5.74) is 0. The first kappa shape index (κ1) is 18.2. The highest BCUT2D eigenvalue weighted by molar-refractivity contribution is 5.84. The van der Waals surface area contributed by atoms with Crippen molar-refractivity contribution in [2.75, 3.05) is 26.4 Å². The van der Waals surface area contributed by atoms with Crippen LogP contribution in [0, 0.1) is 17.8 Å². The Labute approximate surface area is 140 Å². The second-order valence-corrected chi connectivity index (χ2v) is 5.82. The van der Waals surface area contributed by atoms with Crippen LogP contribution in [0.15, 0.2) is 24.8 Å². The topological polar surface area (TPSA) is 91.4 Å². The summed E-state index contributed by atoms with van der Waals surface area (Å²) in [7, 11) is 0. The van der Waals surface area contributed by atoms with Gasteiger partial charge in [0.1, 0.15) is 25.9 Å². The second-order valence-electron chi connectivity index (χ2n) is 5.82. The molecule has 7 heteroatoms. The van der Waals surface area contributed by atoms with Crippen LogP contribution in [0.4, 0.5) is 0 Å². The molecular formula is C17H22O7. The molecule has 132 valence electrons. The summed E-state index contributed by atoms with van der Waals surface area (Å²) in [5.74, 6) is -2.84. The Kier molecular flexibility index (Phi) is 6.54. The van der Waals surface area contributed by atoms with E-state index in [2.05, 4.69) is 6.58 Å². The highest BCUT2D eigenvalue weighted by Gasteiger charge is 2.40. The van der Waals surface area contributed by atoms with Crippen LogP contribution in [-0.2, 0) is 33.3 Å². The molecule has 4 unspecified atom stereocenters. The van der Waals surface area contributed by atoms with Crippen LogP contribution in [0.25, 0.3) is 0 Å². The zero-order valence-corrected chi connectivity index (χ0v) is 13.6. The summed E-state index contributed by atoms with van der Waals surface area (Å²) >= 11 is 0. The number of esters is 3. The first-order valence-electron chi connectivity index (χ1n) is 7.93. The molecule has 0 amide bonds. The van der Waals surface area contributed by atoms with E-state index in [-0.39, 0.29) is 31.8 Å². The number of carbonyl (C=O) groups is 3. The van der Waals surface area contributed by atoms with Crippen molar-refractivity contribution in [2.45, 2.75) is 19.4 Å². The molecule has 1 fully saturated rings. The smallest absolute Gasteiger partial charge is 0.330 e. The van der Waals surface area contributed by atoms with Crippen LogP contribution in [0.5, 0.6) is 0 Å². The maximum absolute atomic E-state index is 12.3. The van der Waals surface area contributed by atoms with Crippen molar-refractivity contribution in [2.24, 2.45) is 17.8 Å². The van der Waals surface area contributed by atoms with Crippen molar-refractivity contribution in [1.82, 2.24) is 0 Å². The Morgan fingerprint density at radius 1 is 1.21 bits per heavy atom. The van der Waals surface area contributed by atoms with Gasteiger partial charge < -0.3 is 18.9 Å². The summed E-state index contributed by atoms with van der Waals surface area (Å²) < 4.78 is 20.1. The molecule has 2 aliphatic rings. The van der Waals surface area contributed by atoms with Gasteiger partial charge in [0.05, 0.1) is 18.4 Å². The van der Waals surface area contributed by atoms with Gasteiger partial charge >= 0.3 is 17.9 Å². The van der Waals surface area contributed by atoms with Crippen LogP contribution in [0.1, 0.15) is 13.3 Å². The summed E-state index contributed by atoms with van der Waals surface area (Å²) in [4.78, 5) is 35.5. The van der Waals surface area contributed by atoms with Crippen LogP contribution < -0.4 is 0 Å². The number of epoxide rings is 1. The molecule has 0 spiro atoms. The number of hydrogen-bond acceptors (Lipinski definition) is 7. The lowest BCUT2D eigenvalue weighted by Crippen LogP contribution is -2.38. The average Bonchev–Trinajstić information content (AvgIpc) is 3.40.